The SMILES string of the molecule is O=C(NCCO)C(F)(F)C(F)(F)C(F)(F)F. The van der Waals surface area contributed by atoms with Crippen molar-refractivity contribution in [1.29, 1.82) is 0 Å². The van der Waals surface area contributed by atoms with Crippen molar-refractivity contribution in [3.8, 4) is 0 Å². The summed E-state index contributed by atoms with van der Waals surface area (Å²) in [4.78, 5) is 10.4. The minimum Gasteiger partial charge on any atom is -0.395 e. The predicted octanol–water partition coefficient (Wildman–Crippen LogP) is 0.928. The van der Waals surface area contributed by atoms with Crippen LogP contribution in [-0.2, 0) is 4.79 Å². The van der Waals surface area contributed by atoms with Crippen LogP contribution in [0.4, 0.5) is 30.7 Å². The second-order valence-corrected chi connectivity index (χ2v) is 2.63. The molecule has 2 N–H and O–H groups in total. The lowest BCUT2D eigenvalue weighted by molar-refractivity contribution is -0.344. The van der Waals surface area contributed by atoms with Crippen LogP contribution in [0.3, 0.4) is 0 Å². The Balaban J connectivity index is 4.97. The van der Waals surface area contributed by atoms with Gasteiger partial charge in [-0.2, -0.15) is 30.7 Å². The first-order valence-corrected chi connectivity index (χ1v) is 3.70. The summed E-state index contributed by atoms with van der Waals surface area (Å²) in [6, 6.07) is 0. The van der Waals surface area contributed by atoms with Crippen LogP contribution >= 0.6 is 0 Å². The molecule has 0 aromatic rings. The van der Waals surface area contributed by atoms with E-state index < -0.39 is 37.1 Å². The van der Waals surface area contributed by atoms with Crippen LogP contribution in [0.25, 0.3) is 0 Å². The van der Waals surface area contributed by atoms with Gasteiger partial charge < -0.3 is 10.4 Å². The first-order valence-electron chi connectivity index (χ1n) is 3.70. The van der Waals surface area contributed by atoms with E-state index in [2.05, 4.69) is 0 Å². The zero-order chi connectivity index (χ0) is 13.2. The molecule has 0 aliphatic heterocycles. The Bertz CT molecular complexity index is 262. The third-order valence-electron chi connectivity index (χ3n) is 1.43. The third kappa shape index (κ3) is 2.54. The number of hydrogen-bond donors (Lipinski definition) is 2. The molecule has 3 nitrogen and oxygen atoms in total. The molecule has 0 saturated carbocycles. The smallest absolute Gasteiger partial charge is 0.395 e. The van der Waals surface area contributed by atoms with Crippen LogP contribution in [0.15, 0.2) is 0 Å². The number of aliphatic hydroxyl groups is 1. The molecule has 0 saturated heterocycles. The quantitative estimate of drug-likeness (QED) is 0.736. The lowest BCUT2D eigenvalue weighted by Crippen LogP contribution is -2.59. The number of nitrogens with one attached hydrogen (secondary N) is 1. The average Bonchev–Trinajstić information content (AvgIpc) is 2.11. The Morgan fingerprint density at radius 1 is 1.06 bits per heavy atom. The summed E-state index contributed by atoms with van der Waals surface area (Å²) >= 11 is 0. The fourth-order valence-electron chi connectivity index (χ4n) is 0.601. The lowest BCUT2D eigenvalue weighted by atomic mass is 10.1. The van der Waals surface area contributed by atoms with Crippen molar-refractivity contribution < 1.29 is 40.6 Å². The maximum atomic E-state index is 12.5. The highest BCUT2D eigenvalue weighted by molar-refractivity contribution is 5.84. The van der Waals surface area contributed by atoms with E-state index in [0.717, 1.165) is 5.32 Å². The van der Waals surface area contributed by atoms with Crippen LogP contribution in [-0.4, -0.2) is 42.2 Å². The van der Waals surface area contributed by atoms with E-state index >= 15 is 0 Å². The zero-order valence-corrected chi connectivity index (χ0v) is 7.42. The number of hydrogen-bond acceptors (Lipinski definition) is 2. The topological polar surface area (TPSA) is 49.3 Å². The van der Waals surface area contributed by atoms with Crippen LogP contribution in [0.5, 0.6) is 0 Å². The lowest BCUT2D eigenvalue weighted by Gasteiger charge is -2.26. The second-order valence-electron chi connectivity index (χ2n) is 2.63. The number of halogens is 7. The minimum atomic E-state index is -6.55. The summed E-state index contributed by atoms with van der Waals surface area (Å²) in [5.74, 6) is -15.2. The number of aliphatic hydroxyl groups excluding tert-OH is 1. The molecular weight excluding hydrogens is 251 g/mol. The molecule has 1 amide bonds. The van der Waals surface area contributed by atoms with Gasteiger partial charge in [-0.15, -0.1) is 0 Å². The molecule has 0 spiro atoms. The van der Waals surface area contributed by atoms with E-state index in [9.17, 15) is 35.5 Å². The molecule has 0 aliphatic rings. The normalized spacial score (nSPS) is 13.8. The highest BCUT2D eigenvalue weighted by Crippen LogP contribution is 2.46. The van der Waals surface area contributed by atoms with Gasteiger partial charge in [0.2, 0.25) is 0 Å². The predicted molar refractivity (Wildman–Crippen MR) is 36.0 cm³/mol. The molecule has 16 heavy (non-hydrogen) atoms. The average molecular weight is 257 g/mol. The Labute approximate surface area is 84.2 Å². The van der Waals surface area contributed by atoms with Crippen molar-refractivity contribution in [2.24, 2.45) is 0 Å². The maximum absolute atomic E-state index is 12.5. The van der Waals surface area contributed by atoms with E-state index in [1.807, 2.05) is 0 Å². The molecule has 0 heterocycles. The summed E-state index contributed by atoms with van der Waals surface area (Å²) < 4.78 is 83.9. The molecule has 0 radical (unpaired) electrons. The molecule has 0 bridgehead atoms. The Hall–Kier alpha value is -1.06. The van der Waals surface area contributed by atoms with Crippen LogP contribution in [0.1, 0.15) is 0 Å². The highest BCUT2D eigenvalue weighted by Gasteiger charge is 2.76. The van der Waals surface area contributed by atoms with Gasteiger partial charge in [-0.3, -0.25) is 4.79 Å². The van der Waals surface area contributed by atoms with Gasteiger partial charge in [0.05, 0.1) is 6.61 Å². The molecule has 0 atom stereocenters. The van der Waals surface area contributed by atoms with Crippen LogP contribution in [0.2, 0.25) is 0 Å². The monoisotopic (exact) mass is 257 g/mol. The largest absolute Gasteiger partial charge is 0.460 e. The molecule has 0 aromatic heterocycles. The third-order valence-corrected chi connectivity index (χ3v) is 1.43. The second kappa shape index (κ2) is 4.44. The van der Waals surface area contributed by atoms with Crippen molar-refractivity contribution in [3.05, 3.63) is 0 Å². The van der Waals surface area contributed by atoms with E-state index in [4.69, 9.17) is 5.11 Å². The molecule has 96 valence electrons. The van der Waals surface area contributed by atoms with Crippen LogP contribution in [0, 0.1) is 0 Å². The van der Waals surface area contributed by atoms with E-state index in [0.29, 0.717) is 0 Å². The summed E-state index contributed by atoms with van der Waals surface area (Å²) in [5.41, 5.74) is 0. The summed E-state index contributed by atoms with van der Waals surface area (Å²) in [7, 11) is 0. The molecule has 0 fully saturated rings. The van der Waals surface area contributed by atoms with Crippen molar-refractivity contribution in [2.45, 2.75) is 18.0 Å². The van der Waals surface area contributed by atoms with Gasteiger partial charge in [-0.05, 0) is 0 Å². The van der Waals surface area contributed by atoms with Gasteiger partial charge >= 0.3 is 18.0 Å². The number of rotatable bonds is 4. The fourth-order valence-corrected chi connectivity index (χ4v) is 0.601. The van der Waals surface area contributed by atoms with Gasteiger partial charge in [0, 0.05) is 6.54 Å². The highest BCUT2D eigenvalue weighted by atomic mass is 19.4. The summed E-state index contributed by atoms with van der Waals surface area (Å²) in [6.07, 6.45) is -6.55. The van der Waals surface area contributed by atoms with Crippen molar-refractivity contribution in [3.63, 3.8) is 0 Å². The number of carbonyl (C=O) groups excluding carboxylic acids is 1. The van der Waals surface area contributed by atoms with Crippen molar-refractivity contribution >= 4 is 5.91 Å². The summed E-state index contributed by atoms with van der Waals surface area (Å²) in [5, 5.41) is 9.11. The molecule has 0 aliphatic carbocycles. The van der Waals surface area contributed by atoms with Crippen molar-refractivity contribution in [2.75, 3.05) is 13.2 Å². The van der Waals surface area contributed by atoms with Crippen molar-refractivity contribution in [1.82, 2.24) is 5.32 Å². The maximum Gasteiger partial charge on any atom is 0.460 e. The van der Waals surface area contributed by atoms with Gasteiger partial charge in [0.25, 0.3) is 5.91 Å². The first kappa shape index (κ1) is 14.9. The number of carbonyl (C=O) groups is 1. The first-order chi connectivity index (χ1) is 6.98. The molecular formula is C6H6F7NO2. The molecule has 0 rings (SSSR count). The fraction of sp³-hybridized carbons (Fsp3) is 0.833. The van der Waals surface area contributed by atoms with Gasteiger partial charge in [-0.1, -0.05) is 0 Å². The zero-order valence-electron chi connectivity index (χ0n) is 7.42. The molecule has 0 unspecified atom stereocenters. The van der Waals surface area contributed by atoms with E-state index in [-0.39, 0.29) is 0 Å². The van der Waals surface area contributed by atoms with Gasteiger partial charge in [0.15, 0.2) is 0 Å². The standard InChI is InChI=1S/C6H6F7NO2/c7-4(8,3(16)14-1-2-15)5(9,10)6(11,12)13/h15H,1-2H2,(H,14,16). The molecule has 0 aromatic carbocycles. The van der Waals surface area contributed by atoms with E-state index in [1.54, 1.807) is 0 Å². The number of amides is 1. The minimum absolute atomic E-state index is 0.859. The Morgan fingerprint density at radius 2 is 1.50 bits per heavy atom. The Morgan fingerprint density at radius 3 is 1.81 bits per heavy atom. The summed E-state index contributed by atoms with van der Waals surface area (Å²) in [6.45, 7) is -1.73. The van der Waals surface area contributed by atoms with Crippen LogP contribution < -0.4 is 5.32 Å². The number of alkyl halides is 7. The van der Waals surface area contributed by atoms with E-state index in [1.165, 1.54) is 0 Å². The Kier molecular flexibility index (Phi) is 4.14. The van der Waals surface area contributed by atoms with Gasteiger partial charge in [0.1, 0.15) is 0 Å². The molecule has 10 heteroatoms. The van der Waals surface area contributed by atoms with Gasteiger partial charge in [-0.25, -0.2) is 0 Å².